The third kappa shape index (κ3) is 3.06. The molecule has 2 aliphatic rings. The van der Waals surface area contributed by atoms with Crippen LogP contribution < -0.4 is 4.57 Å². The van der Waals surface area contributed by atoms with E-state index in [1.807, 2.05) is 20.9 Å². The van der Waals surface area contributed by atoms with Gasteiger partial charge in [0.1, 0.15) is 12.7 Å². The number of fused-ring (bicyclic) bond motifs is 1. The highest BCUT2D eigenvalue weighted by Crippen LogP contribution is 2.47. The highest BCUT2D eigenvalue weighted by molar-refractivity contribution is 8.02. The molecule has 6 nitrogen and oxygen atoms in total. The number of carbonyl (C=O) groups excluding carboxylic acids is 1. The Hall–Kier alpha value is -1.86. The van der Waals surface area contributed by atoms with Crippen LogP contribution in [0, 0.1) is 19.8 Å². The van der Waals surface area contributed by atoms with E-state index in [0.717, 1.165) is 21.9 Å². The summed E-state index contributed by atoms with van der Waals surface area (Å²) < 4.78 is 2.11. The quantitative estimate of drug-likeness (QED) is 0.588. The van der Waals surface area contributed by atoms with Gasteiger partial charge in [-0.25, -0.2) is 9.36 Å². The fourth-order valence-electron chi connectivity index (χ4n) is 3.64. The van der Waals surface area contributed by atoms with Gasteiger partial charge in [-0.15, -0.1) is 11.8 Å². The van der Waals surface area contributed by atoms with E-state index in [2.05, 4.69) is 16.7 Å². The predicted octanol–water partition coefficient (Wildman–Crippen LogP) is 1.27. The van der Waals surface area contributed by atoms with Crippen LogP contribution in [-0.4, -0.2) is 39.6 Å². The number of aliphatic hydroxyl groups is 1. The fraction of sp³-hybridized carbons (Fsp3) is 0.500. The normalized spacial score (nSPS) is 22.2. The number of carboxylic acid groups (broad SMARTS) is 1. The second kappa shape index (κ2) is 6.80. The van der Waals surface area contributed by atoms with E-state index >= 15 is 0 Å². The SMILES string of the molecule is Cc1cc(CSC2=C(C(=O)O)N3C(=O)[C@@H](CCO)[C@H]3C2)cc(C)[n+]1C. The van der Waals surface area contributed by atoms with Gasteiger partial charge in [-0.3, -0.25) is 4.79 Å². The van der Waals surface area contributed by atoms with Crippen molar-refractivity contribution in [1.82, 2.24) is 4.90 Å². The van der Waals surface area contributed by atoms with E-state index in [0.29, 0.717) is 18.6 Å². The molecule has 7 heteroatoms. The first-order valence-electron chi connectivity index (χ1n) is 8.34. The van der Waals surface area contributed by atoms with Crippen molar-refractivity contribution < 1.29 is 24.4 Å². The Morgan fingerprint density at radius 3 is 2.56 bits per heavy atom. The number of carbonyl (C=O) groups is 2. The maximum absolute atomic E-state index is 12.2. The predicted molar refractivity (Wildman–Crippen MR) is 93.5 cm³/mol. The molecule has 2 atom stereocenters. The molecular formula is C18H23N2O4S+. The van der Waals surface area contributed by atoms with Crippen LogP contribution in [-0.2, 0) is 22.4 Å². The maximum atomic E-state index is 12.2. The summed E-state index contributed by atoms with van der Waals surface area (Å²) in [5.41, 5.74) is 3.57. The zero-order valence-corrected chi connectivity index (χ0v) is 15.5. The van der Waals surface area contributed by atoms with Gasteiger partial charge in [0.25, 0.3) is 0 Å². The Morgan fingerprint density at radius 2 is 2.00 bits per heavy atom. The van der Waals surface area contributed by atoms with Gasteiger partial charge < -0.3 is 15.1 Å². The molecule has 2 N–H and O–H groups in total. The first-order valence-corrected chi connectivity index (χ1v) is 9.33. The molecule has 0 aromatic carbocycles. The van der Waals surface area contributed by atoms with Gasteiger partial charge in [-0.2, -0.15) is 0 Å². The number of thioether (sulfide) groups is 1. The number of carboxylic acids is 1. The van der Waals surface area contributed by atoms with E-state index in [1.54, 1.807) is 0 Å². The third-order valence-corrected chi connectivity index (χ3v) is 6.34. The zero-order chi connectivity index (χ0) is 18.3. The minimum Gasteiger partial charge on any atom is -0.477 e. The highest BCUT2D eigenvalue weighted by Gasteiger charge is 2.54. The molecule has 2 aliphatic heterocycles. The number of hydrogen-bond donors (Lipinski definition) is 2. The molecule has 0 aliphatic carbocycles. The van der Waals surface area contributed by atoms with Crippen LogP contribution in [0.1, 0.15) is 29.8 Å². The van der Waals surface area contributed by atoms with Gasteiger partial charge in [-0.1, -0.05) is 0 Å². The lowest BCUT2D eigenvalue weighted by Crippen LogP contribution is -2.58. The van der Waals surface area contributed by atoms with Crippen molar-refractivity contribution in [3.8, 4) is 0 Å². The topological polar surface area (TPSA) is 81.7 Å². The van der Waals surface area contributed by atoms with E-state index in [4.69, 9.17) is 5.11 Å². The molecule has 0 unspecified atom stereocenters. The molecule has 1 saturated heterocycles. The van der Waals surface area contributed by atoms with Crippen molar-refractivity contribution in [2.75, 3.05) is 6.61 Å². The van der Waals surface area contributed by atoms with Crippen LogP contribution in [0.2, 0.25) is 0 Å². The van der Waals surface area contributed by atoms with E-state index in [1.165, 1.54) is 16.7 Å². The standard InChI is InChI=1S/C18H22N2O4S/c1-10-6-12(7-11(2)19(10)3)9-25-15-8-14-13(4-5-21)17(22)20(14)16(15)18(23)24/h6-7,13-14,21H,4-5,8-9H2,1-3H3/p+1/t13-,14+/m0/s1. The summed E-state index contributed by atoms with van der Waals surface area (Å²) in [6, 6.07) is 4.10. The van der Waals surface area contributed by atoms with Crippen LogP contribution in [0.15, 0.2) is 22.7 Å². The van der Waals surface area contributed by atoms with E-state index in [-0.39, 0.29) is 30.2 Å². The number of aryl methyl sites for hydroxylation is 2. The molecule has 1 fully saturated rings. The van der Waals surface area contributed by atoms with Gasteiger partial charge in [-0.05, 0) is 12.0 Å². The fourth-order valence-corrected chi connectivity index (χ4v) is 4.76. The summed E-state index contributed by atoms with van der Waals surface area (Å²) in [6.45, 7) is 4.04. The number of aromatic nitrogens is 1. The molecule has 3 rings (SSSR count). The number of aliphatic carboxylic acids is 1. The largest absolute Gasteiger partial charge is 0.477 e. The highest BCUT2D eigenvalue weighted by atomic mass is 32.2. The average molecular weight is 363 g/mol. The third-order valence-electron chi connectivity index (χ3n) is 5.15. The molecule has 134 valence electrons. The molecule has 3 heterocycles. The van der Waals surface area contributed by atoms with Crippen LogP contribution in [0.3, 0.4) is 0 Å². The summed E-state index contributed by atoms with van der Waals surface area (Å²) in [5.74, 6) is -0.801. The first-order chi connectivity index (χ1) is 11.8. The molecule has 0 radical (unpaired) electrons. The van der Waals surface area contributed by atoms with Crippen LogP contribution in [0.4, 0.5) is 0 Å². The number of pyridine rings is 1. The smallest absolute Gasteiger partial charge is 0.353 e. The van der Waals surface area contributed by atoms with Crippen molar-refractivity contribution in [3.05, 3.63) is 39.7 Å². The van der Waals surface area contributed by atoms with E-state index in [9.17, 15) is 14.7 Å². The van der Waals surface area contributed by atoms with Gasteiger partial charge in [0.15, 0.2) is 11.4 Å². The number of nitrogens with zero attached hydrogens (tertiary/aromatic N) is 2. The summed E-state index contributed by atoms with van der Waals surface area (Å²) in [6.07, 6.45) is 0.972. The molecule has 1 aromatic heterocycles. The number of β-lactam (4-membered cyclic amide) rings is 1. The van der Waals surface area contributed by atoms with Crippen molar-refractivity contribution in [2.45, 2.75) is 38.5 Å². The summed E-state index contributed by atoms with van der Waals surface area (Å²) in [5, 5.41) is 18.6. The maximum Gasteiger partial charge on any atom is 0.353 e. The van der Waals surface area contributed by atoms with Crippen LogP contribution >= 0.6 is 11.8 Å². The molecular weight excluding hydrogens is 340 g/mol. The lowest BCUT2D eigenvalue weighted by Gasteiger charge is -2.43. The van der Waals surface area contributed by atoms with Crippen LogP contribution in [0.5, 0.6) is 0 Å². The number of hydrogen-bond acceptors (Lipinski definition) is 4. The minimum absolute atomic E-state index is 0.0504. The van der Waals surface area contributed by atoms with Gasteiger partial charge >= 0.3 is 5.97 Å². The summed E-state index contributed by atoms with van der Waals surface area (Å²) in [7, 11) is 2.02. The molecule has 0 bridgehead atoms. The molecule has 25 heavy (non-hydrogen) atoms. The van der Waals surface area contributed by atoms with Crippen molar-refractivity contribution in [3.63, 3.8) is 0 Å². The molecule has 1 aromatic rings. The summed E-state index contributed by atoms with van der Waals surface area (Å²) >= 11 is 1.50. The molecule has 0 spiro atoms. The van der Waals surface area contributed by atoms with Crippen molar-refractivity contribution >= 4 is 23.6 Å². The van der Waals surface area contributed by atoms with Crippen molar-refractivity contribution in [1.29, 1.82) is 0 Å². The van der Waals surface area contributed by atoms with Crippen LogP contribution in [0.25, 0.3) is 0 Å². The van der Waals surface area contributed by atoms with Gasteiger partial charge in [0.2, 0.25) is 5.91 Å². The second-order valence-electron chi connectivity index (χ2n) is 6.67. The monoisotopic (exact) mass is 363 g/mol. The van der Waals surface area contributed by atoms with E-state index < -0.39 is 5.97 Å². The second-order valence-corrected chi connectivity index (χ2v) is 7.74. The number of rotatable bonds is 6. The first kappa shape index (κ1) is 17.9. The zero-order valence-electron chi connectivity index (χ0n) is 14.7. The molecule has 1 amide bonds. The Labute approximate surface area is 151 Å². The average Bonchev–Trinajstić information content (AvgIpc) is 2.91. The van der Waals surface area contributed by atoms with Gasteiger partial charge in [0.05, 0.1) is 12.0 Å². The number of aliphatic hydroxyl groups excluding tert-OH is 1. The Morgan fingerprint density at radius 1 is 1.36 bits per heavy atom. The van der Waals surface area contributed by atoms with Gasteiger partial charge in [0, 0.05) is 49.7 Å². The number of amides is 1. The minimum atomic E-state index is -1.05. The molecule has 0 saturated carbocycles. The lowest BCUT2D eigenvalue weighted by atomic mass is 9.85. The lowest BCUT2D eigenvalue weighted by molar-refractivity contribution is -0.683. The summed E-state index contributed by atoms with van der Waals surface area (Å²) in [4.78, 5) is 26.0. The Kier molecular flexibility index (Phi) is 4.88. The van der Waals surface area contributed by atoms with Crippen molar-refractivity contribution in [2.24, 2.45) is 13.0 Å². The Balaban J connectivity index is 1.78. The Bertz CT molecular complexity index is 751.